The first kappa shape index (κ1) is 18.1. The van der Waals surface area contributed by atoms with Gasteiger partial charge in [-0.05, 0) is 42.3 Å². The Morgan fingerprint density at radius 3 is 2.28 bits per heavy atom. The molecule has 0 spiro atoms. The summed E-state index contributed by atoms with van der Waals surface area (Å²) in [6.45, 7) is 3.91. The zero-order valence-electron chi connectivity index (χ0n) is 13.8. The maximum absolute atomic E-state index is 12.0. The van der Waals surface area contributed by atoms with Gasteiger partial charge in [0.25, 0.3) is 0 Å². The Morgan fingerprint density at radius 2 is 1.64 bits per heavy atom. The number of hydrogen-bond acceptors (Lipinski definition) is 3. The number of para-hydroxylation sites is 1. The zero-order chi connectivity index (χ0) is 18.1. The maximum Gasteiger partial charge on any atom is 0.319 e. The first-order chi connectivity index (χ1) is 12.1. The predicted octanol–water partition coefficient (Wildman–Crippen LogP) is 3.27. The van der Waals surface area contributed by atoms with Gasteiger partial charge in [-0.3, -0.25) is 4.79 Å². The number of rotatable bonds is 7. The molecule has 0 aliphatic carbocycles. The lowest BCUT2D eigenvalue weighted by Crippen LogP contribution is -2.28. The number of carbonyl (C=O) groups excluding carboxylic acids is 2. The van der Waals surface area contributed by atoms with Crippen molar-refractivity contribution in [3.63, 3.8) is 0 Å². The molecule has 0 aromatic heterocycles. The van der Waals surface area contributed by atoms with E-state index in [1.807, 2.05) is 6.07 Å². The van der Waals surface area contributed by atoms with E-state index in [2.05, 4.69) is 22.5 Å². The van der Waals surface area contributed by atoms with E-state index in [0.29, 0.717) is 24.3 Å². The van der Waals surface area contributed by atoms with Crippen LogP contribution in [0.25, 0.3) is 0 Å². The molecular weight excluding hydrogens is 318 g/mol. The molecule has 3 amide bonds. The van der Waals surface area contributed by atoms with E-state index in [4.69, 9.17) is 0 Å². The van der Waals surface area contributed by atoms with Crippen molar-refractivity contribution >= 4 is 23.3 Å². The van der Waals surface area contributed by atoms with Gasteiger partial charge in [0.1, 0.15) is 5.75 Å². The summed E-state index contributed by atoms with van der Waals surface area (Å²) in [4.78, 5) is 23.5. The number of hydrogen-bond donors (Lipinski definition) is 4. The highest BCUT2D eigenvalue weighted by Gasteiger charge is 2.06. The molecule has 25 heavy (non-hydrogen) atoms. The molecule has 2 aromatic carbocycles. The second-order valence-electron chi connectivity index (χ2n) is 5.38. The summed E-state index contributed by atoms with van der Waals surface area (Å²) in [5, 5.41) is 17.8. The molecule has 0 fully saturated rings. The van der Waals surface area contributed by atoms with E-state index < -0.39 is 0 Å². The van der Waals surface area contributed by atoms with Gasteiger partial charge in [0.15, 0.2) is 0 Å². The zero-order valence-corrected chi connectivity index (χ0v) is 13.8. The smallest absolute Gasteiger partial charge is 0.319 e. The molecule has 6 heteroatoms. The third kappa shape index (κ3) is 6.02. The quantitative estimate of drug-likeness (QED) is 0.584. The highest BCUT2D eigenvalue weighted by atomic mass is 16.3. The van der Waals surface area contributed by atoms with Gasteiger partial charge in [0.2, 0.25) is 5.91 Å². The number of phenolic OH excluding ortho intramolecular Hbond substituents is 1. The number of carbonyl (C=O) groups is 2. The van der Waals surface area contributed by atoms with Crippen molar-refractivity contribution in [2.75, 3.05) is 17.2 Å². The van der Waals surface area contributed by atoms with Gasteiger partial charge in [0, 0.05) is 24.3 Å². The lowest BCUT2D eigenvalue weighted by Gasteiger charge is -2.09. The topological polar surface area (TPSA) is 90.5 Å². The summed E-state index contributed by atoms with van der Waals surface area (Å²) >= 11 is 0. The number of aryl methyl sites for hydroxylation is 1. The number of urea groups is 1. The fourth-order valence-corrected chi connectivity index (χ4v) is 2.17. The van der Waals surface area contributed by atoms with Gasteiger partial charge >= 0.3 is 6.03 Å². The van der Waals surface area contributed by atoms with Crippen molar-refractivity contribution in [1.29, 1.82) is 0 Å². The lowest BCUT2D eigenvalue weighted by atomic mass is 10.1. The van der Waals surface area contributed by atoms with Crippen molar-refractivity contribution in [3.8, 4) is 5.75 Å². The molecule has 0 aliphatic heterocycles. The average Bonchev–Trinajstić information content (AvgIpc) is 2.61. The third-order valence-corrected chi connectivity index (χ3v) is 3.45. The summed E-state index contributed by atoms with van der Waals surface area (Å²) in [6.07, 6.45) is 2.32. The number of nitrogens with one attached hydrogen (secondary N) is 3. The Labute approximate surface area is 146 Å². The minimum Gasteiger partial charge on any atom is -0.508 e. The van der Waals surface area contributed by atoms with E-state index in [1.54, 1.807) is 48.5 Å². The second kappa shape index (κ2) is 9.12. The van der Waals surface area contributed by atoms with Gasteiger partial charge < -0.3 is 21.1 Å². The van der Waals surface area contributed by atoms with Crippen LogP contribution in [0.4, 0.5) is 16.2 Å². The summed E-state index contributed by atoms with van der Waals surface area (Å²) < 4.78 is 0. The van der Waals surface area contributed by atoms with Crippen LogP contribution in [0.3, 0.4) is 0 Å². The fourth-order valence-electron chi connectivity index (χ4n) is 2.17. The first-order valence-corrected chi connectivity index (χ1v) is 7.91. The monoisotopic (exact) mass is 339 g/mol. The third-order valence-electron chi connectivity index (χ3n) is 3.45. The summed E-state index contributed by atoms with van der Waals surface area (Å²) in [6, 6.07) is 13.5. The molecule has 0 aliphatic rings. The van der Waals surface area contributed by atoms with Gasteiger partial charge in [-0.15, -0.1) is 6.58 Å². The number of amides is 3. The van der Waals surface area contributed by atoms with E-state index in [9.17, 15) is 14.7 Å². The van der Waals surface area contributed by atoms with Gasteiger partial charge in [-0.25, -0.2) is 4.79 Å². The van der Waals surface area contributed by atoms with Crippen LogP contribution in [-0.4, -0.2) is 23.6 Å². The number of aromatic hydroxyl groups is 1. The van der Waals surface area contributed by atoms with Crippen LogP contribution < -0.4 is 16.0 Å². The Morgan fingerprint density at radius 1 is 1.00 bits per heavy atom. The van der Waals surface area contributed by atoms with Crippen molar-refractivity contribution in [2.24, 2.45) is 0 Å². The van der Waals surface area contributed by atoms with Crippen molar-refractivity contribution in [3.05, 3.63) is 66.7 Å². The number of phenols is 1. The predicted molar refractivity (Wildman–Crippen MR) is 98.7 cm³/mol. The molecule has 2 aromatic rings. The molecule has 0 unspecified atom stereocenters. The highest BCUT2D eigenvalue weighted by Crippen LogP contribution is 2.18. The normalized spacial score (nSPS) is 9.92. The first-order valence-electron chi connectivity index (χ1n) is 7.91. The van der Waals surface area contributed by atoms with Gasteiger partial charge in [-0.1, -0.05) is 24.3 Å². The van der Waals surface area contributed by atoms with Gasteiger partial charge in [-0.2, -0.15) is 0 Å². The van der Waals surface area contributed by atoms with Crippen LogP contribution in [0.2, 0.25) is 0 Å². The van der Waals surface area contributed by atoms with Gasteiger partial charge in [0.05, 0.1) is 0 Å². The molecule has 0 heterocycles. The summed E-state index contributed by atoms with van der Waals surface area (Å²) in [7, 11) is 0. The molecule has 0 atom stereocenters. The molecule has 0 saturated heterocycles. The SMILES string of the molecule is C=CCNC(=O)Nc1ccc(NC(=O)CCc2ccccc2O)cc1. The van der Waals surface area contributed by atoms with Crippen LogP contribution in [0.15, 0.2) is 61.2 Å². The standard InChI is InChI=1S/C19H21N3O3/c1-2-13-20-19(25)22-16-10-8-15(9-11-16)21-18(24)12-7-14-5-3-4-6-17(14)23/h2-6,8-11,23H,1,7,12-13H2,(H,21,24)(H2,20,22,25). The van der Waals surface area contributed by atoms with Crippen LogP contribution >= 0.6 is 0 Å². The van der Waals surface area contributed by atoms with Crippen LogP contribution in [0.5, 0.6) is 5.75 Å². The molecule has 4 N–H and O–H groups in total. The van der Waals surface area contributed by atoms with E-state index in [0.717, 1.165) is 5.56 Å². The number of anilines is 2. The van der Waals surface area contributed by atoms with Crippen molar-refractivity contribution in [2.45, 2.75) is 12.8 Å². The van der Waals surface area contributed by atoms with Crippen molar-refractivity contribution in [1.82, 2.24) is 5.32 Å². The molecule has 0 saturated carbocycles. The largest absolute Gasteiger partial charge is 0.508 e. The maximum atomic E-state index is 12.0. The Balaban J connectivity index is 1.82. The van der Waals surface area contributed by atoms with Crippen LogP contribution in [0, 0.1) is 0 Å². The molecule has 0 radical (unpaired) electrons. The Kier molecular flexibility index (Phi) is 6.59. The highest BCUT2D eigenvalue weighted by molar-refractivity contribution is 5.92. The molecule has 6 nitrogen and oxygen atoms in total. The lowest BCUT2D eigenvalue weighted by molar-refractivity contribution is -0.116. The van der Waals surface area contributed by atoms with E-state index >= 15 is 0 Å². The molecule has 130 valence electrons. The minimum absolute atomic E-state index is 0.146. The minimum atomic E-state index is -0.320. The summed E-state index contributed by atoms with van der Waals surface area (Å²) in [5.41, 5.74) is 2.00. The van der Waals surface area contributed by atoms with Crippen LogP contribution in [0.1, 0.15) is 12.0 Å². The fraction of sp³-hybridized carbons (Fsp3) is 0.158. The van der Waals surface area contributed by atoms with E-state index in [-0.39, 0.29) is 24.1 Å². The van der Waals surface area contributed by atoms with Crippen LogP contribution in [-0.2, 0) is 11.2 Å². The average molecular weight is 339 g/mol. The summed E-state index contributed by atoms with van der Waals surface area (Å²) in [5.74, 6) is 0.0492. The van der Waals surface area contributed by atoms with Crippen molar-refractivity contribution < 1.29 is 14.7 Å². The molecular formula is C19H21N3O3. The van der Waals surface area contributed by atoms with E-state index in [1.165, 1.54) is 0 Å². The molecule has 2 rings (SSSR count). The Bertz CT molecular complexity index is 742. The molecule has 0 bridgehead atoms. The second-order valence-corrected chi connectivity index (χ2v) is 5.38. The number of benzene rings is 2. The Hall–Kier alpha value is -3.28.